The van der Waals surface area contributed by atoms with E-state index in [9.17, 15) is 0 Å². The molecular weight excluding hydrogens is 293 g/mol. The zero-order valence-corrected chi connectivity index (χ0v) is 9.74. The maximum absolute atomic E-state index is 8.81. The van der Waals surface area contributed by atoms with Crippen LogP contribution in [0.1, 0.15) is 5.82 Å². The normalized spacial score (nSPS) is 9.42. The fraction of sp³-hybridized carbons (Fsp3) is 0.400. The van der Waals surface area contributed by atoms with Crippen LogP contribution in [0.3, 0.4) is 0 Å². The van der Waals surface area contributed by atoms with Crippen molar-refractivity contribution < 1.29 is 8.42 Å². The minimum atomic E-state index is -2.62. The second-order valence-electron chi connectivity index (χ2n) is 2.01. The Hall–Kier alpha value is -0.150. The average molecular weight is 303 g/mol. The monoisotopic (exact) mass is 303 g/mol. The smallest absolute Gasteiger partial charge is 0.198 e. The van der Waals surface area contributed by atoms with Crippen molar-refractivity contribution in [3.05, 3.63) is 15.7 Å². The van der Waals surface area contributed by atoms with Crippen LogP contribution >= 0.6 is 22.6 Å². The Kier molecular flexibility index (Phi) is 5.42. The molecule has 0 saturated carbocycles. The van der Waals surface area contributed by atoms with Crippen molar-refractivity contribution in [3.63, 3.8) is 0 Å². The van der Waals surface area contributed by atoms with Crippen molar-refractivity contribution in [2.75, 3.05) is 0 Å². The van der Waals surface area contributed by atoms with Crippen LogP contribution < -0.4 is 5.14 Å². The molecule has 1 aromatic heterocycles. The molecular formula is C5H10IN3O2S. The molecule has 1 aromatic rings. The molecule has 0 amide bonds. The van der Waals surface area contributed by atoms with Gasteiger partial charge in [-0.25, -0.2) is 18.5 Å². The van der Waals surface area contributed by atoms with Crippen LogP contribution in [-0.4, -0.2) is 18.0 Å². The fourth-order valence-corrected chi connectivity index (χ4v) is 1.28. The first-order valence-corrected chi connectivity index (χ1v) is 5.30. The number of halogens is 1. The second kappa shape index (κ2) is 5.49. The Bertz CT molecular complexity index is 293. The Morgan fingerprint density at radius 2 is 2.08 bits per heavy atom. The van der Waals surface area contributed by atoms with Gasteiger partial charge in [-0.15, -0.1) is 0 Å². The van der Waals surface area contributed by atoms with E-state index in [0.29, 0.717) is 0 Å². The van der Waals surface area contributed by atoms with Crippen molar-refractivity contribution in [1.82, 2.24) is 9.55 Å². The highest BCUT2D eigenvalue weighted by atomic mass is 127. The molecule has 0 radical (unpaired) electrons. The SMILES string of the molecule is Cc1nc(I)cn1C.N[SH](=O)=O. The number of aryl methyl sites for hydroxylation is 2. The van der Waals surface area contributed by atoms with Crippen LogP contribution in [0.25, 0.3) is 0 Å². The van der Waals surface area contributed by atoms with Crippen LogP contribution in [0.2, 0.25) is 0 Å². The van der Waals surface area contributed by atoms with E-state index in [1.165, 1.54) is 0 Å². The van der Waals surface area contributed by atoms with Gasteiger partial charge in [-0.3, -0.25) is 0 Å². The Balaban J connectivity index is 0.000000261. The van der Waals surface area contributed by atoms with Gasteiger partial charge in [0.2, 0.25) is 0 Å². The standard InChI is InChI=1S/C5H7IN2.H3NO2S/c1-4-7-5(6)3-8(4)2;1-4(2)3/h3H,1-2H3;4H,(H2,1,2,3). The summed E-state index contributed by atoms with van der Waals surface area (Å²) in [4.78, 5) is 4.16. The van der Waals surface area contributed by atoms with Gasteiger partial charge < -0.3 is 4.57 Å². The molecule has 1 heterocycles. The number of rotatable bonds is 0. The van der Waals surface area contributed by atoms with Crippen LogP contribution in [0, 0.1) is 10.6 Å². The maximum atomic E-state index is 8.81. The quantitative estimate of drug-likeness (QED) is 0.515. The van der Waals surface area contributed by atoms with Gasteiger partial charge >= 0.3 is 0 Å². The summed E-state index contributed by atoms with van der Waals surface area (Å²) >= 11 is 2.19. The van der Waals surface area contributed by atoms with E-state index in [2.05, 4.69) is 32.7 Å². The van der Waals surface area contributed by atoms with Gasteiger partial charge in [-0.1, -0.05) is 0 Å². The van der Waals surface area contributed by atoms with E-state index in [1.54, 1.807) is 0 Å². The summed E-state index contributed by atoms with van der Waals surface area (Å²) in [6.07, 6.45) is 2.00. The molecule has 0 aliphatic carbocycles. The molecule has 0 aromatic carbocycles. The van der Waals surface area contributed by atoms with E-state index >= 15 is 0 Å². The molecule has 0 aliphatic rings. The molecule has 0 spiro atoms. The lowest BCUT2D eigenvalue weighted by atomic mass is 10.7. The summed E-state index contributed by atoms with van der Waals surface area (Å²) in [5, 5.41) is 4.06. The van der Waals surface area contributed by atoms with Gasteiger partial charge in [0.05, 0.1) is 0 Å². The van der Waals surface area contributed by atoms with Gasteiger partial charge in [0.15, 0.2) is 10.9 Å². The number of thiol groups is 1. The van der Waals surface area contributed by atoms with Crippen LogP contribution in [-0.2, 0) is 17.9 Å². The lowest BCUT2D eigenvalue weighted by Gasteiger charge is -1.87. The highest BCUT2D eigenvalue weighted by molar-refractivity contribution is 14.1. The highest BCUT2D eigenvalue weighted by Crippen LogP contribution is 2.01. The third-order valence-corrected chi connectivity index (χ3v) is 1.60. The molecule has 2 N–H and O–H groups in total. The summed E-state index contributed by atoms with van der Waals surface area (Å²) in [5.41, 5.74) is 0. The number of hydrogen-bond acceptors (Lipinski definition) is 3. The average Bonchev–Trinajstić information content (AvgIpc) is 2.08. The van der Waals surface area contributed by atoms with Crippen LogP contribution in [0.15, 0.2) is 6.20 Å². The van der Waals surface area contributed by atoms with Crippen molar-refractivity contribution >= 4 is 33.5 Å². The third kappa shape index (κ3) is 5.49. The van der Waals surface area contributed by atoms with E-state index in [4.69, 9.17) is 8.42 Å². The number of nitrogens with zero attached hydrogens (tertiary/aromatic N) is 2. The zero-order valence-electron chi connectivity index (χ0n) is 6.69. The van der Waals surface area contributed by atoms with Crippen molar-refractivity contribution in [2.45, 2.75) is 6.92 Å². The molecule has 12 heavy (non-hydrogen) atoms. The van der Waals surface area contributed by atoms with E-state index < -0.39 is 10.9 Å². The van der Waals surface area contributed by atoms with Crippen molar-refractivity contribution in [1.29, 1.82) is 0 Å². The lowest BCUT2D eigenvalue weighted by molar-refractivity contribution is 0.616. The summed E-state index contributed by atoms with van der Waals surface area (Å²) < 4.78 is 20.7. The minimum absolute atomic E-state index is 1.06. The van der Waals surface area contributed by atoms with Gasteiger partial charge in [0.1, 0.15) is 9.53 Å². The predicted molar refractivity (Wildman–Crippen MR) is 55.2 cm³/mol. The van der Waals surface area contributed by atoms with Crippen LogP contribution in [0.4, 0.5) is 0 Å². The molecule has 0 atom stereocenters. The number of hydrogen-bond donors (Lipinski definition) is 2. The van der Waals surface area contributed by atoms with Gasteiger partial charge in [0, 0.05) is 13.2 Å². The summed E-state index contributed by atoms with van der Waals surface area (Å²) in [7, 11) is -0.630. The Morgan fingerprint density at radius 1 is 1.67 bits per heavy atom. The summed E-state index contributed by atoms with van der Waals surface area (Å²) in [6.45, 7) is 1.99. The first-order valence-electron chi connectivity index (χ1n) is 2.98. The number of imidazole rings is 1. The number of nitrogens with two attached hydrogens (primary N) is 1. The maximum Gasteiger partial charge on any atom is 0.198 e. The highest BCUT2D eigenvalue weighted by Gasteiger charge is 1.93. The summed E-state index contributed by atoms with van der Waals surface area (Å²) in [6, 6.07) is 0. The molecule has 1 rings (SSSR count). The van der Waals surface area contributed by atoms with Crippen molar-refractivity contribution in [3.8, 4) is 0 Å². The Morgan fingerprint density at radius 3 is 2.17 bits per heavy atom. The molecule has 70 valence electrons. The van der Waals surface area contributed by atoms with Gasteiger partial charge in [0.25, 0.3) is 0 Å². The largest absolute Gasteiger partial charge is 0.337 e. The minimum Gasteiger partial charge on any atom is -0.337 e. The fourth-order valence-electron chi connectivity index (χ4n) is 0.516. The van der Waals surface area contributed by atoms with Gasteiger partial charge in [-0.2, -0.15) is 0 Å². The van der Waals surface area contributed by atoms with E-state index in [-0.39, 0.29) is 0 Å². The molecule has 0 bridgehead atoms. The third-order valence-electron chi connectivity index (χ3n) is 1.08. The lowest BCUT2D eigenvalue weighted by Crippen LogP contribution is -1.86. The molecule has 0 unspecified atom stereocenters. The topological polar surface area (TPSA) is 78.0 Å². The molecule has 0 fully saturated rings. The first-order chi connectivity index (χ1) is 5.43. The second-order valence-corrected chi connectivity index (χ2v) is 3.68. The van der Waals surface area contributed by atoms with E-state index in [0.717, 1.165) is 9.53 Å². The van der Waals surface area contributed by atoms with E-state index in [1.807, 2.05) is 24.7 Å². The van der Waals surface area contributed by atoms with Crippen molar-refractivity contribution in [2.24, 2.45) is 12.2 Å². The molecule has 7 heteroatoms. The van der Waals surface area contributed by atoms with Crippen LogP contribution in [0.5, 0.6) is 0 Å². The number of aromatic nitrogens is 2. The Labute approximate surface area is 86.2 Å². The zero-order chi connectivity index (χ0) is 9.72. The summed E-state index contributed by atoms with van der Waals surface area (Å²) in [5.74, 6) is 1.06. The molecule has 0 saturated heterocycles. The predicted octanol–water partition coefficient (Wildman–Crippen LogP) is -0.195. The molecule has 5 nitrogen and oxygen atoms in total. The first kappa shape index (κ1) is 11.8. The van der Waals surface area contributed by atoms with Gasteiger partial charge in [-0.05, 0) is 29.5 Å². The molecule has 0 aliphatic heterocycles.